The van der Waals surface area contributed by atoms with Gasteiger partial charge in [0.1, 0.15) is 0 Å². The normalized spacial score (nSPS) is 23.3. The topological polar surface area (TPSA) is 112 Å². The molecule has 9 saturated heterocycles. The first-order chi connectivity index (χ1) is 47.0. The molecule has 0 radical (unpaired) electrons. The van der Waals surface area contributed by atoms with Crippen LogP contribution in [0.1, 0.15) is 215 Å². The number of rotatable bonds is 17. The minimum absolute atomic E-state index is 0.195. The molecule has 1 N–H and O–H groups in total. The van der Waals surface area contributed by atoms with Gasteiger partial charge >= 0.3 is 0 Å². The first kappa shape index (κ1) is 90.5. The molecule has 0 spiro atoms. The van der Waals surface area contributed by atoms with Gasteiger partial charge in [-0.3, -0.25) is 34.3 Å². The van der Waals surface area contributed by atoms with Crippen LogP contribution in [-0.4, -0.2) is 338 Å². The second kappa shape index (κ2) is 45.7. The highest BCUT2D eigenvalue weighted by atomic mass is 32.2. The molecule has 9 heterocycles. The van der Waals surface area contributed by atoms with Gasteiger partial charge in [-0.15, -0.1) is 0 Å². The smallest absolute Gasteiger partial charge is 0.257 e. The van der Waals surface area contributed by atoms with E-state index < -0.39 is 5.92 Å². The predicted octanol–water partition coefficient (Wildman–Crippen LogP) is 12.2. The molecule has 9 rings (SSSR count). The van der Waals surface area contributed by atoms with E-state index >= 15 is 0 Å². The Balaban J connectivity index is 0.000000255. The number of piperidine rings is 4. The second-order valence-corrected chi connectivity index (χ2v) is 37.2. The van der Waals surface area contributed by atoms with Crippen molar-refractivity contribution in [3.63, 3.8) is 0 Å². The molecule has 9 aliphatic heterocycles. The van der Waals surface area contributed by atoms with Crippen molar-refractivity contribution >= 4 is 11.8 Å². The average Bonchev–Trinajstić information content (AvgIpc) is 0.852. The molecule has 17 nitrogen and oxygen atoms in total. The third kappa shape index (κ3) is 37.1. The Morgan fingerprint density at radius 1 is 0.500 bits per heavy atom. The van der Waals surface area contributed by atoms with E-state index in [4.69, 9.17) is 21.8 Å². The second-order valence-electron chi connectivity index (χ2n) is 36.0. The SMILES string of the molecule is CC(C)(C)N1CCN(CC2CCOCC2)CC1.CC(C)(C)N1CCN(CCCC#N)CC1.CC(C)(C)N1CCN(CCN2CCSCC2)CC1.CC(C)N1CCC(NCC(C)(F)F)CC1.CN(CCCC#N)C1CCN(C(C)(C)C)CC1.[C-]#[N+]C1CCN(C2CCN(C(C)(C)C)CC2)CC1. The number of ether oxygens (including phenoxy) is 1. The number of nitrogens with zero attached hydrogens (tertiary/aromatic N) is 15. The van der Waals surface area contributed by atoms with Crippen LogP contribution in [0.5, 0.6) is 0 Å². The van der Waals surface area contributed by atoms with Crippen LogP contribution in [0.2, 0.25) is 0 Å². The zero-order chi connectivity index (χ0) is 74.2. The Morgan fingerprint density at radius 2 is 0.900 bits per heavy atom. The molecule has 0 saturated carbocycles. The maximum absolute atomic E-state index is 12.6. The summed E-state index contributed by atoms with van der Waals surface area (Å²) in [7, 11) is 2.20. The lowest BCUT2D eigenvalue weighted by atomic mass is 9.95. The van der Waals surface area contributed by atoms with Gasteiger partial charge in [-0.1, -0.05) is 0 Å². The molecule has 0 aromatic heterocycles. The lowest BCUT2D eigenvalue weighted by molar-refractivity contribution is 0.0167. The van der Waals surface area contributed by atoms with Crippen LogP contribution >= 0.6 is 11.8 Å². The molecule has 20 heteroatoms. The summed E-state index contributed by atoms with van der Waals surface area (Å²) in [6, 6.07) is 7.05. The zero-order valence-corrected chi connectivity index (χ0v) is 69.1. The number of hydrogen-bond acceptors (Lipinski definition) is 17. The summed E-state index contributed by atoms with van der Waals surface area (Å²) >= 11 is 2.10. The van der Waals surface area contributed by atoms with Crippen LogP contribution in [0.15, 0.2) is 0 Å². The highest BCUT2D eigenvalue weighted by Crippen LogP contribution is 2.28. The Bertz CT molecular complexity index is 2230. The molecule has 0 aromatic carbocycles. The lowest BCUT2D eigenvalue weighted by Gasteiger charge is -2.44. The van der Waals surface area contributed by atoms with Gasteiger partial charge in [0.25, 0.3) is 5.92 Å². The van der Waals surface area contributed by atoms with Gasteiger partial charge in [0.05, 0.1) is 18.7 Å². The number of piperazine rings is 3. The minimum Gasteiger partial charge on any atom is -0.381 e. The summed E-state index contributed by atoms with van der Waals surface area (Å²) in [6.07, 6.45) is 15.2. The number of likely N-dealkylation sites (tertiary alicyclic amines) is 4. The van der Waals surface area contributed by atoms with Gasteiger partial charge in [-0.2, -0.15) is 22.3 Å². The number of unbranched alkanes of at least 4 members (excludes halogenated alkanes) is 2. The van der Waals surface area contributed by atoms with Gasteiger partial charge in [0, 0.05) is 260 Å². The third-order valence-corrected chi connectivity index (χ3v) is 23.8. The van der Waals surface area contributed by atoms with Crippen LogP contribution in [0, 0.1) is 35.2 Å². The van der Waals surface area contributed by atoms with E-state index in [0.717, 1.165) is 136 Å². The van der Waals surface area contributed by atoms with Gasteiger partial charge in [-0.25, -0.2) is 15.4 Å². The minimum atomic E-state index is -2.59. The maximum atomic E-state index is 12.6. The van der Waals surface area contributed by atoms with Crippen LogP contribution in [-0.2, 0) is 4.74 Å². The van der Waals surface area contributed by atoms with Crippen molar-refractivity contribution in [3.05, 3.63) is 11.4 Å². The van der Waals surface area contributed by atoms with Crippen molar-refractivity contribution in [3.8, 4) is 12.1 Å². The number of nitriles is 2. The fraction of sp³-hybridized carbons (Fsp3) is 0.963. The first-order valence-electron chi connectivity index (χ1n) is 40.2. The molecular formula is C80H156F2N16OS. The Labute approximate surface area is 619 Å². The molecule has 0 bridgehead atoms. The van der Waals surface area contributed by atoms with Crippen molar-refractivity contribution in [1.82, 2.24) is 64.1 Å². The Kier molecular flexibility index (Phi) is 41.4. The predicted molar refractivity (Wildman–Crippen MR) is 421 cm³/mol. The van der Waals surface area contributed by atoms with Gasteiger partial charge in [0.2, 0.25) is 6.04 Å². The molecule has 0 aromatic rings. The number of halogens is 2. The summed E-state index contributed by atoms with van der Waals surface area (Å²) in [4.78, 5) is 34.5. The molecule has 9 aliphatic rings. The van der Waals surface area contributed by atoms with Crippen LogP contribution in [0.3, 0.4) is 0 Å². The van der Waals surface area contributed by atoms with E-state index in [2.05, 4.69) is 218 Å². The quantitative estimate of drug-likeness (QED) is 0.110. The summed E-state index contributed by atoms with van der Waals surface area (Å²) in [6.45, 7) is 81.1. The van der Waals surface area contributed by atoms with Crippen molar-refractivity contribution in [2.45, 2.75) is 278 Å². The van der Waals surface area contributed by atoms with E-state index in [-0.39, 0.29) is 12.6 Å². The molecule has 0 atom stereocenters. The van der Waals surface area contributed by atoms with E-state index in [9.17, 15) is 8.78 Å². The fourth-order valence-electron chi connectivity index (χ4n) is 15.5. The van der Waals surface area contributed by atoms with E-state index in [1.807, 2.05) is 0 Å². The zero-order valence-electron chi connectivity index (χ0n) is 68.3. The number of hydrogen-bond donors (Lipinski definition) is 1. The maximum Gasteiger partial charge on any atom is 0.257 e. The largest absolute Gasteiger partial charge is 0.381 e. The van der Waals surface area contributed by atoms with Crippen LogP contribution in [0.25, 0.3) is 4.85 Å². The number of thioether (sulfide) groups is 1. The number of alkyl halides is 2. The lowest BCUT2D eigenvalue weighted by Crippen LogP contribution is -2.54. The molecule has 0 unspecified atom stereocenters. The highest BCUT2D eigenvalue weighted by molar-refractivity contribution is 7.99. The molecule has 9 fully saturated rings. The summed E-state index contributed by atoms with van der Waals surface area (Å²) in [5.41, 5.74) is 1.62. The van der Waals surface area contributed by atoms with Gasteiger partial charge in [0.15, 0.2) is 0 Å². The van der Waals surface area contributed by atoms with E-state index in [1.54, 1.807) is 0 Å². The van der Waals surface area contributed by atoms with Gasteiger partial charge < -0.3 is 39.4 Å². The monoisotopic (exact) mass is 1430 g/mol. The molecule has 0 amide bonds. The molecule has 100 heavy (non-hydrogen) atoms. The van der Waals surface area contributed by atoms with E-state index in [0.29, 0.717) is 58.7 Å². The number of nitrogens with one attached hydrogen (secondary N) is 1. The summed E-state index contributed by atoms with van der Waals surface area (Å²) < 4.78 is 30.6. The van der Waals surface area contributed by atoms with Crippen LogP contribution < -0.4 is 5.32 Å². The fourth-order valence-corrected chi connectivity index (χ4v) is 16.4. The molecule has 0 aliphatic carbocycles. The molecule has 582 valence electrons. The summed E-state index contributed by atoms with van der Waals surface area (Å²) in [5.74, 6) is 0.954. The standard InChI is InChI=1S/C15H27N3.C14H29N3S.C14H27N3.C14H28N2O.C12H23N3.C11H22F2N2/c1-15(2,3)18-11-7-14(8-12-18)17-9-5-13(16-4)6-10-17;1-14(2,3)17-8-6-15(7-9-17)4-5-16-10-12-18-13-11-16;1-14(2,3)17-11-7-13(8-12-17)16(4)10-6-5-9-15;1-14(2,3)16-8-6-15(7-9-16)12-13-4-10-17-11-5-13;1-12(2,3)15-10-8-14(9-11-15)7-5-4-6-13;1-9(2)15-6-4-10(5-7-15)14-8-11(3,12)13/h13-14H,5-12H2,1-3H3;4-13H2,1-3H3;13H,5-8,10-12H2,1-4H3;13H,4-12H2,1-3H3;4-5,7-11H2,1-3H3;9-10,14H,4-8H2,1-3H3. The summed E-state index contributed by atoms with van der Waals surface area (Å²) in [5, 5.41) is 20.0. The van der Waals surface area contributed by atoms with Crippen molar-refractivity contribution in [1.29, 1.82) is 10.5 Å². The Morgan fingerprint density at radius 3 is 1.31 bits per heavy atom. The van der Waals surface area contributed by atoms with Crippen LogP contribution in [0.4, 0.5) is 8.78 Å². The van der Waals surface area contributed by atoms with E-state index in [1.165, 1.54) is 161 Å². The third-order valence-electron chi connectivity index (χ3n) is 22.8. The van der Waals surface area contributed by atoms with Gasteiger partial charge in [-0.05, 0) is 221 Å². The average molecular weight is 1430 g/mol. The van der Waals surface area contributed by atoms with Crippen molar-refractivity contribution in [2.24, 2.45) is 5.92 Å². The Hall–Kier alpha value is -1.88. The van der Waals surface area contributed by atoms with Crippen molar-refractivity contribution in [2.75, 3.05) is 215 Å². The highest BCUT2D eigenvalue weighted by Gasteiger charge is 2.35. The van der Waals surface area contributed by atoms with Crippen molar-refractivity contribution < 1.29 is 13.5 Å². The first-order valence-corrected chi connectivity index (χ1v) is 41.3. The molecular weight excluding hydrogens is 1270 g/mol.